The molecule has 0 radical (unpaired) electrons. The molecule has 2 heterocycles. The summed E-state index contributed by atoms with van der Waals surface area (Å²) < 4.78 is 5.45. The van der Waals surface area contributed by atoms with Gasteiger partial charge in [0.25, 0.3) is 0 Å². The third kappa shape index (κ3) is 4.60. The zero-order valence-corrected chi connectivity index (χ0v) is 18.3. The highest BCUT2D eigenvalue weighted by molar-refractivity contribution is 5.56. The summed E-state index contributed by atoms with van der Waals surface area (Å²) in [6.45, 7) is 7.31. The van der Waals surface area contributed by atoms with E-state index >= 15 is 0 Å². The summed E-state index contributed by atoms with van der Waals surface area (Å²) in [4.78, 5) is 7.88. The molecule has 1 atom stereocenters. The maximum absolute atomic E-state index is 5.45. The molecule has 0 bridgehead atoms. The van der Waals surface area contributed by atoms with E-state index in [1.165, 1.54) is 22.4 Å². The van der Waals surface area contributed by atoms with Gasteiger partial charge >= 0.3 is 0 Å². The highest BCUT2D eigenvalue weighted by atomic mass is 16.5. The van der Waals surface area contributed by atoms with Gasteiger partial charge in [-0.3, -0.25) is 9.80 Å². The van der Waals surface area contributed by atoms with Crippen LogP contribution < -0.4 is 9.64 Å². The SMILES string of the molecule is COc1cccc(CN2Cc3ccccc3N3CCN(Cc4ccccc4)CC3C2)c1. The third-order valence-corrected chi connectivity index (χ3v) is 6.52. The van der Waals surface area contributed by atoms with Crippen LogP contribution in [0, 0.1) is 0 Å². The summed E-state index contributed by atoms with van der Waals surface area (Å²) in [5.41, 5.74) is 5.56. The first-order valence-electron chi connectivity index (χ1n) is 11.2. The lowest BCUT2D eigenvalue weighted by Crippen LogP contribution is -2.55. The Bertz CT molecular complexity index is 1010. The molecule has 0 aromatic heterocycles. The first-order chi connectivity index (χ1) is 15.3. The van der Waals surface area contributed by atoms with Crippen LogP contribution >= 0.6 is 0 Å². The number of fused-ring (bicyclic) bond motifs is 3. The number of hydrogen-bond acceptors (Lipinski definition) is 4. The summed E-state index contributed by atoms with van der Waals surface area (Å²) in [6.07, 6.45) is 0. The largest absolute Gasteiger partial charge is 0.497 e. The van der Waals surface area contributed by atoms with E-state index in [0.29, 0.717) is 6.04 Å². The minimum atomic E-state index is 0.492. The number of rotatable bonds is 5. The molecule has 1 saturated heterocycles. The second-order valence-corrected chi connectivity index (χ2v) is 8.72. The van der Waals surface area contributed by atoms with Crippen LogP contribution in [0.15, 0.2) is 78.9 Å². The molecule has 0 amide bonds. The molecule has 160 valence electrons. The van der Waals surface area contributed by atoms with Crippen LogP contribution in [-0.2, 0) is 19.6 Å². The molecule has 0 N–H and O–H groups in total. The van der Waals surface area contributed by atoms with Gasteiger partial charge in [-0.2, -0.15) is 0 Å². The number of hydrogen-bond donors (Lipinski definition) is 0. The molecule has 3 aromatic rings. The van der Waals surface area contributed by atoms with Crippen LogP contribution in [0.25, 0.3) is 0 Å². The van der Waals surface area contributed by atoms with Crippen molar-refractivity contribution in [3.05, 3.63) is 95.6 Å². The van der Waals surface area contributed by atoms with Crippen LogP contribution in [0.5, 0.6) is 5.75 Å². The molecule has 0 saturated carbocycles. The quantitative estimate of drug-likeness (QED) is 0.617. The van der Waals surface area contributed by atoms with Gasteiger partial charge in [0.05, 0.1) is 13.2 Å². The number of nitrogens with zero attached hydrogens (tertiary/aromatic N) is 3. The maximum Gasteiger partial charge on any atom is 0.119 e. The first-order valence-corrected chi connectivity index (χ1v) is 11.2. The van der Waals surface area contributed by atoms with Crippen LogP contribution in [0.2, 0.25) is 0 Å². The van der Waals surface area contributed by atoms with Gasteiger partial charge in [0, 0.05) is 51.5 Å². The van der Waals surface area contributed by atoms with Crippen molar-refractivity contribution in [3.63, 3.8) is 0 Å². The number of benzene rings is 3. The molecular formula is C27H31N3O. The Morgan fingerprint density at radius 3 is 2.39 bits per heavy atom. The Labute approximate surface area is 185 Å². The lowest BCUT2D eigenvalue weighted by atomic mass is 10.1. The van der Waals surface area contributed by atoms with Gasteiger partial charge in [-0.05, 0) is 34.9 Å². The van der Waals surface area contributed by atoms with E-state index in [-0.39, 0.29) is 0 Å². The Balaban J connectivity index is 1.37. The summed E-state index contributed by atoms with van der Waals surface area (Å²) in [6, 6.07) is 28.8. The Kier molecular flexibility index (Phi) is 5.92. The normalized spacial score (nSPS) is 19.4. The van der Waals surface area contributed by atoms with Crippen LogP contribution in [0.1, 0.15) is 16.7 Å². The van der Waals surface area contributed by atoms with Gasteiger partial charge in [-0.1, -0.05) is 60.7 Å². The summed E-state index contributed by atoms with van der Waals surface area (Å²) >= 11 is 0. The average molecular weight is 414 g/mol. The van der Waals surface area contributed by atoms with E-state index in [2.05, 4.69) is 87.5 Å². The number of ether oxygens (including phenoxy) is 1. The number of para-hydroxylation sites is 1. The molecule has 0 aliphatic carbocycles. The summed E-state index contributed by atoms with van der Waals surface area (Å²) in [5, 5.41) is 0. The molecule has 31 heavy (non-hydrogen) atoms. The van der Waals surface area contributed by atoms with Crippen molar-refractivity contribution >= 4 is 5.69 Å². The minimum Gasteiger partial charge on any atom is -0.497 e. The molecule has 4 nitrogen and oxygen atoms in total. The van der Waals surface area contributed by atoms with E-state index in [9.17, 15) is 0 Å². The first kappa shape index (κ1) is 20.1. The Morgan fingerprint density at radius 2 is 1.52 bits per heavy atom. The minimum absolute atomic E-state index is 0.492. The zero-order valence-electron chi connectivity index (χ0n) is 18.3. The molecule has 2 aliphatic heterocycles. The Morgan fingerprint density at radius 1 is 0.774 bits per heavy atom. The van der Waals surface area contributed by atoms with E-state index in [1.807, 2.05) is 6.07 Å². The molecular weight excluding hydrogens is 382 g/mol. The molecule has 1 unspecified atom stereocenters. The van der Waals surface area contributed by atoms with Gasteiger partial charge in [-0.25, -0.2) is 0 Å². The van der Waals surface area contributed by atoms with Crippen LogP contribution in [0.3, 0.4) is 0 Å². The van der Waals surface area contributed by atoms with Gasteiger partial charge in [0.2, 0.25) is 0 Å². The van der Waals surface area contributed by atoms with Crippen molar-refractivity contribution in [1.29, 1.82) is 0 Å². The Hall–Kier alpha value is -2.82. The highest BCUT2D eigenvalue weighted by Gasteiger charge is 2.32. The maximum atomic E-state index is 5.45. The molecule has 4 heteroatoms. The zero-order chi connectivity index (χ0) is 21.0. The smallest absolute Gasteiger partial charge is 0.119 e. The molecule has 1 fully saturated rings. The predicted molar refractivity (Wildman–Crippen MR) is 126 cm³/mol. The lowest BCUT2D eigenvalue weighted by molar-refractivity contribution is 0.172. The van der Waals surface area contributed by atoms with Gasteiger partial charge < -0.3 is 9.64 Å². The van der Waals surface area contributed by atoms with Gasteiger partial charge in [-0.15, -0.1) is 0 Å². The fraction of sp³-hybridized carbons (Fsp3) is 0.333. The number of piperazine rings is 1. The molecule has 3 aromatic carbocycles. The van der Waals surface area contributed by atoms with Crippen molar-refractivity contribution in [1.82, 2.24) is 9.80 Å². The monoisotopic (exact) mass is 413 g/mol. The van der Waals surface area contributed by atoms with Crippen molar-refractivity contribution in [2.24, 2.45) is 0 Å². The van der Waals surface area contributed by atoms with E-state index in [1.54, 1.807) is 7.11 Å². The predicted octanol–water partition coefficient (Wildman–Crippen LogP) is 4.40. The average Bonchev–Trinajstić information content (AvgIpc) is 2.95. The number of methoxy groups -OCH3 is 1. The number of anilines is 1. The second kappa shape index (κ2) is 9.13. The van der Waals surface area contributed by atoms with Crippen molar-refractivity contribution in [2.75, 3.05) is 38.2 Å². The van der Waals surface area contributed by atoms with Gasteiger partial charge in [0.1, 0.15) is 5.75 Å². The van der Waals surface area contributed by atoms with Gasteiger partial charge in [0.15, 0.2) is 0 Å². The summed E-state index contributed by atoms with van der Waals surface area (Å²) in [7, 11) is 1.74. The molecule has 5 rings (SSSR count). The van der Waals surface area contributed by atoms with Crippen molar-refractivity contribution in [2.45, 2.75) is 25.7 Å². The van der Waals surface area contributed by atoms with Crippen LogP contribution in [0.4, 0.5) is 5.69 Å². The summed E-state index contributed by atoms with van der Waals surface area (Å²) in [5.74, 6) is 0.932. The van der Waals surface area contributed by atoms with E-state index < -0.39 is 0 Å². The van der Waals surface area contributed by atoms with E-state index in [4.69, 9.17) is 4.74 Å². The highest BCUT2D eigenvalue weighted by Crippen LogP contribution is 2.31. The lowest BCUT2D eigenvalue weighted by Gasteiger charge is -2.43. The second-order valence-electron chi connectivity index (χ2n) is 8.72. The standard InChI is InChI=1S/C27H31N3O/c1-31-26-12-7-10-23(16-26)18-29-19-24-11-5-6-13-27(24)30-15-14-28(20-25(30)21-29)17-22-8-3-2-4-9-22/h2-13,16,25H,14-15,17-21H2,1H3. The molecule has 2 aliphatic rings. The fourth-order valence-corrected chi connectivity index (χ4v) is 5.06. The van der Waals surface area contributed by atoms with Crippen molar-refractivity contribution in [3.8, 4) is 5.75 Å². The van der Waals surface area contributed by atoms with Crippen molar-refractivity contribution < 1.29 is 4.74 Å². The fourth-order valence-electron chi connectivity index (χ4n) is 5.06. The molecule has 0 spiro atoms. The third-order valence-electron chi connectivity index (χ3n) is 6.52. The van der Waals surface area contributed by atoms with E-state index in [0.717, 1.165) is 51.6 Å². The van der Waals surface area contributed by atoms with Crippen LogP contribution in [-0.4, -0.2) is 49.1 Å². The topological polar surface area (TPSA) is 19.0 Å².